The van der Waals surface area contributed by atoms with E-state index in [9.17, 15) is 13.6 Å². The SMILES string of the molecule is COC(=O)C(=C1CN(C(C)c2ccc(Cl)cc2)C1)c1cc(F)cc(F)c1. The Bertz CT molecular complexity index is 836. The van der Waals surface area contributed by atoms with E-state index in [0.29, 0.717) is 18.1 Å². The predicted octanol–water partition coefficient (Wildman–Crippen LogP) is 4.62. The van der Waals surface area contributed by atoms with Crippen LogP contribution in [0.1, 0.15) is 24.1 Å². The summed E-state index contributed by atoms with van der Waals surface area (Å²) in [5.41, 5.74) is 2.32. The standard InChI is InChI=1S/C20H18ClF2NO2/c1-12(13-3-5-16(21)6-4-13)24-10-15(11-24)19(20(25)26-2)14-7-17(22)9-18(23)8-14/h3-9,12H,10-11H2,1-2H3. The highest BCUT2D eigenvalue weighted by molar-refractivity contribution is 6.30. The van der Waals surface area contributed by atoms with Crippen LogP contribution < -0.4 is 0 Å². The van der Waals surface area contributed by atoms with E-state index in [0.717, 1.165) is 29.3 Å². The topological polar surface area (TPSA) is 29.5 Å². The molecule has 1 atom stereocenters. The van der Waals surface area contributed by atoms with Crippen molar-refractivity contribution in [2.24, 2.45) is 0 Å². The van der Waals surface area contributed by atoms with Gasteiger partial charge in [-0.1, -0.05) is 23.7 Å². The zero-order chi connectivity index (χ0) is 18.8. The molecule has 136 valence electrons. The quantitative estimate of drug-likeness (QED) is 0.575. The molecular formula is C20H18ClF2NO2. The van der Waals surface area contributed by atoms with E-state index < -0.39 is 17.6 Å². The molecule has 3 nitrogen and oxygen atoms in total. The zero-order valence-electron chi connectivity index (χ0n) is 14.4. The summed E-state index contributed by atoms with van der Waals surface area (Å²) in [5.74, 6) is -2.05. The Morgan fingerprint density at radius 3 is 2.23 bits per heavy atom. The minimum Gasteiger partial charge on any atom is -0.465 e. The molecule has 1 aliphatic heterocycles. The molecule has 1 fully saturated rings. The molecule has 0 spiro atoms. The maximum absolute atomic E-state index is 13.6. The molecule has 0 N–H and O–H groups in total. The Labute approximate surface area is 155 Å². The van der Waals surface area contributed by atoms with Crippen molar-refractivity contribution >= 4 is 23.1 Å². The van der Waals surface area contributed by atoms with Crippen LogP contribution in [0.4, 0.5) is 8.78 Å². The number of likely N-dealkylation sites (tertiary alicyclic amines) is 1. The largest absolute Gasteiger partial charge is 0.465 e. The number of benzene rings is 2. The number of carbonyl (C=O) groups excluding carboxylic acids is 1. The minimum atomic E-state index is -0.729. The lowest BCUT2D eigenvalue weighted by atomic mass is 9.92. The van der Waals surface area contributed by atoms with Gasteiger partial charge in [0, 0.05) is 30.2 Å². The first-order valence-corrected chi connectivity index (χ1v) is 8.53. The van der Waals surface area contributed by atoms with Crippen molar-refractivity contribution in [2.45, 2.75) is 13.0 Å². The molecule has 2 aromatic rings. The minimum absolute atomic E-state index is 0.124. The highest BCUT2D eigenvalue weighted by atomic mass is 35.5. The molecule has 6 heteroatoms. The number of nitrogens with zero attached hydrogens (tertiary/aromatic N) is 1. The highest BCUT2D eigenvalue weighted by Crippen LogP contribution is 2.33. The monoisotopic (exact) mass is 377 g/mol. The van der Waals surface area contributed by atoms with Crippen LogP contribution in [-0.4, -0.2) is 31.1 Å². The molecule has 0 bridgehead atoms. The number of ether oxygens (including phenoxy) is 1. The van der Waals surface area contributed by atoms with E-state index in [1.165, 1.54) is 7.11 Å². The molecule has 0 aliphatic carbocycles. The first-order valence-electron chi connectivity index (χ1n) is 8.15. The van der Waals surface area contributed by atoms with Crippen LogP contribution >= 0.6 is 11.6 Å². The van der Waals surface area contributed by atoms with Crippen molar-refractivity contribution in [1.29, 1.82) is 0 Å². The maximum Gasteiger partial charge on any atom is 0.338 e. The van der Waals surface area contributed by atoms with E-state index in [4.69, 9.17) is 16.3 Å². The Morgan fingerprint density at radius 2 is 1.69 bits per heavy atom. The number of carbonyl (C=O) groups is 1. The van der Waals surface area contributed by atoms with E-state index >= 15 is 0 Å². The summed E-state index contributed by atoms with van der Waals surface area (Å²) in [6.07, 6.45) is 0. The van der Waals surface area contributed by atoms with Crippen LogP contribution in [0, 0.1) is 11.6 Å². The maximum atomic E-state index is 13.6. The van der Waals surface area contributed by atoms with Gasteiger partial charge in [0.1, 0.15) is 11.6 Å². The summed E-state index contributed by atoms with van der Waals surface area (Å²) in [5, 5.41) is 0.672. The molecule has 3 rings (SSSR count). The molecule has 0 amide bonds. The summed E-state index contributed by atoms with van der Waals surface area (Å²) in [4.78, 5) is 14.3. The Balaban J connectivity index is 1.85. The Morgan fingerprint density at radius 1 is 1.12 bits per heavy atom. The lowest BCUT2D eigenvalue weighted by Crippen LogP contribution is -2.43. The average molecular weight is 378 g/mol. The van der Waals surface area contributed by atoms with Gasteiger partial charge >= 0.3 is 5.97 Å². The molecule has 2 aromatic carbocycles. The van der Waals surface area contributed by atoms with Crippen LogP contribution in [0.15, 0.2) is 48.0 Å². The fourth-order valence-electron chi connectivity index (χ4n) is 3.09. The molecule has 1 unspecified atom stereocenters. The second-order valence-electron chi connectivity index (χ2n) is 6.26. The number of methoxy groups -OCH3 is 1. The van der Waals surface area contributed by atoms with Gasteiger partial charge in [-0.15, -0.1) is 0 Å². The van der Waals surface area contributed by atoms with Gasteiger partial charge in [0.25, 0.3) is 0 Å². The van der Waals surface area contributed by atoms with E-state index in [2.05, 4.69) is 11.8 Å². The molecule has 1 heterocycles. The third-order valence-electron chi connectivity index (χ3n) is 4.58. The summed E-state index contributed by atoms with van der Waals surface area (Å²) in [7, 11) is 1.26. The Hall–Kier alpha value is -2.24. The molecule has 0 saturated carbocycles. The van der Waals surface area contributed by atoms with Gasteiger partial charge in [0.2, 0.25) is 0 Å². The molecule has 26 heavy (non-hydrogen) atoms. The second kappa shape index (κ2) is 7.56. The molecular weight excluding hydrogens is 360 g/mol. The fraction of sp³-hybridized carbons (Fsp3) is 0.250. The first-order chi connectivity index (χ1) is 12.4. The fourth-order valence-corrected chi connectivity index (χ4v) is 3.22. The highest BCUT2D eigenvalue weighted by Gasteiger charge is 2.31. The van der Waals surface area contributed by atoms with Gasteiger partial charge in [-0.3, -0.25) is 4.90 Å². The average Bonchev–Trinajstić information content (AvgIpc) is 2.56. The lowest BCUT2D eigenvalue weighted by Gasteiger charge is -2.40. The van der Waals surface area contributed by atoms with Crippen LogP contribution in [-0.2, 0) is 9.53 Å². The van der Waals surface area contributed by atoms with Crippen molar-refractivity contribution in [3.05, 3.63) is 75.8 Å². The van der Waals surface area contributed by atoms with Gasteiger partial charge in [-0.25, -0.2) is 13.6 Å². The summed E-state index contributed by atoms with van der Waals surface area (Å²) >= 11 is 5.92. The van der Waals surface area contributed by atoms with Crippen molar-refractivity contribution in [2.75, 3.05) is 20.2 Å². The third kappa shape index (κ3) is 3.79. The van der Waals surface area contributed by atoms with Crippen molar-refractivity contribution in [3.63, 3.8) is 0 Å². The lowest BCUT2D eigenvalue weighted by molar-refractivity contribution is -0.133. The van der Waals surface area contributed by atoms with Crippen molar-refractivity contribution < 1.29 is 18.3 Å². The summed E-state index contributed by atoms with van der Waals surface area (Å²) in [6.45, 7) is 3.10. The normalized spacial score (nSPS) is 15.3. The number of hydrogen-bond acceptors (Lipinski definition) is 3. The van der Waals surface area contributed by atoms with Crippen molar-refractivity contribution in [3.8, 4) is 0 Å². The molecule has 1 saturated heterocycles. The van der Waals surface area contributed by atoms with E-state index in [1.54, 1.807) is 0 Å². The number of esters is 1. The summed E-state index contributed by atoms with van der Waals surface area (Å²) < 4.78 is 32.0. The van der Waals surface area contributed by atoms with E-state index in [1.807, 2.05) is 24.3 Å². The van der Waals surface area contributed by atoms with Gasteiger partial charge in [-0.2, -0.15) is 0 Å². The van der Waals surface area contributed by atoms with E-state index in [-0.39, 0.29) is 17.2 Å². The summed E-state index contributed by atoms with van der Waals surface area (Å²) in [6, 6.07) is 10.8. The number of halogens is 3. The first kappa shape index (κ1) is 18.5. The molecule has 1 aliphatic rings. The Kier molecular flexibility index (Phi) is 5.39. The smallest absolute Gasteiger partial charge is 0.338 e. The van der Waals surface area contributed by atoms with Crippen molar-refractivity contribution in [1.82, 2.24) is 4.90 Å². The van der Waals surface area contributed by atoms with Gasteiger partial charge < -0.3 is 4.74 Å². The predicted molar refractivity (Wildman–Crippen MR) is 96.7 cm³/mol. The van der Waals surface area contributed by atoms with Crippen LogP contribution in [0.25, 0.3) is 5.57 Å². The van der Waals surface area contributed by atoms with Gasteiger partial charge in [-0.05, 0) is 47.9 Å². The van der Waals surface area contributed by atoms with Gasteiger partial charge in [0.15, 0.2) is 0 Å². The number of hydrogen-bond donors (Lipinski definition) is 0. The van der Waals surface area contributed by atoms with Gasteiger partial charge in [0.05, 0.1) is 12.7 Å². The number of rotatable bonds is 4. The zero-order valence-corrected chi connectivity index (χ0v) is 15.2. The molecule has 0 radical (unpaired) electrons. The molecule has 0 aromatic heterocycles. The van der Waals surface area contributed by atoms with Crippen LogP contribution in [0.2, 0.25) is 5.02 Å². The van der Waals surface area contributed by atoms with Crippen LogP contribution in [0.5, 0.6) is 0 Å². The second-order valence-corrected chi connectivity index (χ2v) is 6.70. The third-order valence-corrected chi connectivity index (χ3v) is 4.83. The van der Waals surface area contributed by atoms with Crippen LogP contribution in [0.3, 0.4) is 0 Å².